The predicted molar refractivity (Wildman–Crippen MR) is 65.3 cm³/mol. The number of piperazine rings is 1. The maximum Gasteiger partial charge on any atom is 0.281 e. The Morgan fingerprint density at radius 2 is 1.82 bits per heavy atom. The number of hydrogen-bond donors (Lipinski definition) is 3. The molecule has 0 radical (unpaired) electrons. The molecule has 1 rings (SSSR count). The molecule has 17 heavy (non-hydrogen) atoms. The highest BCUT2D eigenvalue weighted by molar-refractivity contribution is 7.86. The third-order valence-electron chi connectivity index (χ3n) is 3.01. The molecule has 0 amide bonds. The van der Waals surface area contributed by atoms with E-state index in [-0.39, 0.29) is 6.61 Å². The van der Waals surface area contributed by atoms with Gasteiger partial charge in [-0.25, -0.2) is 0 Å². The second-order valence-electron chi connectivity index (χ2n) is 4.33. The molecule has 7 heteroatoms. The van der Waals surface area contributed by atoms with Gasteiger partial charge < -0.3 is 10.4 Å². The summed E-state index contributed by atoms with van der Waals surface area (Å²) in [6.45, 7) is 2.92. The summed E-state index contributed by atoms with van der Waals surface area (Å²) in [6, 6.07) is 0. The number of hydrogen-bond acceptors (Lipinski definition) is 5. The van der Waals surface area contributed by atoms with Crippen molar-refractivity contribution in [1.29, 1.82) is 0 Å². The Morgan fingerprint density at radius 3 is 2.35 bits per heavy atom. The fourth-order valence-corrected chi connectivity index (χ4v) is 3.15. The Morgan fingerprint density at radius 1 is 1.18 bits per heavy atom. The number of aliphatic hydroxyl groups is 1. The first kappa shape index (κ1) is 14.8. The van der Waals surface area contributed by atoms with Crippen molar-refractivity contribution in [3.05, 3.63) is 0 Å². The zero-order valence-electron chi connectivity index (χ0n) is 10.0. The SMILES string of the molecule is O=S(=O)(O)C(CCCCCO)N1CCNCC1. The second-order valence-corrected chi connectivity index (χ2v) is 5.90. The fourth-order valence-electron chi connectivity index (χ4n) is 2.10. The number of nitrogens with zero attached hydrogens (tertiary/aromatic N) is 1. The summed E-state index contributed by atoms with van der Waals surface area (Å²) in [5, 5.41) is 11.0. The molecule has 1 fully saturated rings. The van der Waals surface area contributed by atoms with Crippen LogP contribution in [-0.2, 0) is 10.1 Å². The highest BCUT2D eigenvalue weighted by Crippen LogP contribution is 2.15. The van der Waals surface area contributed by atoms with Gasteiger partial charge in [0, 0.05) is 32.8 Å². The van der Waals surface area contributed by atoms with E-state index in [1.165, 1.54) is 0 Å². The predicted octanol–water partition coefficient (Wildman–Crippen LogP) is -0.342. The van der Waals surface area contributed by atoms with Crippen LogP contribution in [0.4, 0.5) is 0 Å². The molecule has 1 aliphatic rings. The van der Waals surface area contributed by atoms with Crippen molar-refractivity contribution >= 4 is 10.1 Å². The summed E-state index contributed by atoms with van der Waals surface area (Å²) < 4.78 is 31.9. The number of aliphatic hydroxyl groups excluding tert-OH is 1. The van der Waals surface area contributed by atoms with Gasteiger partial charge in [-0.1, -0.05) is 12.8 Å². The van der Waals surface area contributed by atoms with E-state index in [1.807, 2.05) is 4.90 Å². The Labute approximate surface area is 103 Å². The van der Waals surface area contributed by atoms with Crippen molar-refractivity contribution in [2.24, 2.45) is 0 Å². The fraction of sp³-hybridized carbons (Fsp3) is 1.00. The van der Waals surface area contributed by atoms with Gasteiger partial charge in [0.2, 0.25) is 0 Å². The van der Waals surface area contributed by atoms with Crippen molar-refractivity contribution in [2.75, 3.05) is 32.8 Å². The van der Waals surface area contributed by atoms with Crippen molar-refractivity contribution in [2.45, 2.75) is 31.1 Å². The first-order valence-corrected chi connectivity index (χ1v) is 7.58. The van der Waals surface area contributed by atoms with Gasteiger partial charge in [-0.3, -0.25) is 9.45 Å². The molecule has 102 valence electrons. The molecule has 1 aliphatic heterocycles. The van der Waals surface area contributed by atoms with E-state index in [1.54, 1.807) is 0 Å². The Balaban J connectivity index is 2.48. The van der Waals surface area contributed by atoms with Crippen LogP contribution in [0.2, 0.25) is 0 Å². The summed E-state index contributed by atoms with van der Waals surface area (Å²) in [5.74, 6) is 0. The normalized spacial score (nSPS) is 20.4. The van der Waals surface area contributed by atoms with Gasteiger partial charge in [0.25, 0.3) is 10.1 Å². The van der Waals surface area contributed by atoms with Crippen LogP contribution in [0.1, 0.15) is 25.7 Å². The molecule has 0 saturated carbocycles. The Hall–Kier alpha value is -0.210. The molecular formula is C10H22N2O4S. The van der Waals surface area contributed by atoms with Crippen LogP contribution < -0.4 is 5.32 Å². The summed E-state index contributed by atoms with van der Waals surface area (Å²) in [7, 11) is -4.02. The lowest BCUT2D eigenvalue weighted by Gasteiger charge is -2.32. The summed E-state index contributed by atoms with van der Waals surface area (Å²) in [5.41, 5.74) is 0. The standard InChI is InChI=1S/C10H22N2O4S/c13-9-3-1-2-4-10(17(14,15)16)12-7-5-11-6-8-12/h10-11,13H,1-9H2,(H,14,15,16). The third-order valence-corrected chi connectivity index (χ3v) is 4.23. The van der Waals surface area contributed by atoms with Gasteiger partial charge in [-0.15, -0.1) is 0 Å². The lowest BCUT2D eigenvalue weighted by molar-refractivity contribution is 0.199. The molecule has 0 spiro atoms. The van der Waals surface area contributed by atoms with Gasteiger partial charge in [0.05, 0.1) is 0 Å². The molecule has 0 aliphatic carbocycles. The quantitative estimate of drug-likeness (QED) is 0.431. The zero-order valence-corrected chi connectivity index (χ0v) is 10.8. The molecule has 0 bridgehead atoms. The first-order valence-electron chi connectivity index (χ1n) is 6.07. The Kier molecular flexibility index (Phi) is 6.35. The van der Waals surface area contributed by atoms with Gasteiger partial charge >= 0.3 is 0 Å². The van der Waals surface area contributed by atoms with Crippen molar-refractivity contribution in [3.63, 3.8) is 0 Å². The molecule has 3 N–H and O–H groups in total. The van der Waals surface area contributed by atoms with Gasteiger partial charge in [-0.05, 0) is 12.8 Å². The van der Waals surface area contributed by atoms with E-state index < -0.39 is 15.5 Å². The largest absolute Gasteiger partial charge is 0.396 e. The monoisotopic (exact) mass is 266 g/mol. The first-order chi connectivity index (χ1) is 8.05. The molecule has 0 aromatic carbocycles. The minimum atomic E-state index is -4.02. The van der Waals surface area contributed by atoms with Crippen LogP contribution in [0, 0.1) is 0 Å². The van der Waals surface area contributed by atoms with E-state index >= 15 is 0 Å². The smallest absolute Gasteiger partial charge is 0.281 e. The van der Waals surface area contributed by atoms with Crippen LogP contribution >= 0.6 is 0 Å². The third kappa shape index (κ3) is 5.31. The van der Waals surface area contributed by atoms with Crippen LogP contribution in [0.25, 0.3) is 0 Å². The molecule has 0 aromatic heterocycles. The number of unbranched alkanes of at least 4 members (excludes halogenated alkanes) is 2. The number of nitrogens with one attached hydrogen (secondary N) is 1. The van der Waals surface area contributed by atoms with Gasteiger partial charge in [0.15, 0.2) is 0 Å². The zero-order chi connectivity index (χ0) is 12.7. The summed E-state index contributed by atoms with van der Waals surface area (Å²) in [6.07, 6.45) is 2.60. The van der Waals surface area contributed by atoms with E-state index in [9.17, 15) is 13.0 Å². The van der Waals surface area contributed by atoms with E-state index in [0.29, 0.717) is 32.4 Å². The molecule has 1 unspecified atom stereocenters. The van der Waals surface area contributed by atoms with Gasteiger partial charge in [-0.2, -0.15) is 8.42 Å². The highest BCUT2D eigenvalue weighted by Gasteiger charge is 2.30. The van der Waals surface area contributed by atoms with E-state index in [2.05, 4.69) is 5.32 Å². The summed E-state index contributed by atoms with van der Waals surface area (Å²) >= 11 is 0. The van der Waals surface area contributed by atoms with Crippen molar-refractivity contribution < 1.29 is 18.1 Å². The Bertz CT molecular complexity index is 301. The lowest BCUT2D eigenvalue weighted by Crippen LogP contribution is -2.51. The minimum absolute atomic E-state index is 0.129. The average Bonchev–Trinajstić information content (AvgIpc) is 2.28. The maximum absolute atomic E-state index is 11.3. The van der Waals surface area contributed by atoms with Crippen LogP contribution in [0.3, 0.4) is 0 Å². The van der Waals surface area contributed by atoms with E-state index in [4.69, 9.17) is 5.11 Å². The molecule has 6 nitrogen and oxygen atoms in total. The highest BCUT2D eigenvalue weighted by atomic mass is 32.2. The molecule has 1 heterocycles. The summed E-state index contributed by atoms with van der Waals surface area (Å²) in [4.78, 5) is 1.81. The van der Waals surface area contributed by atoms with Gasteiger partial charge in [0.1, 0.15) is 5.37 Å². The van der Waals surface area contributed by atoms with Crippen molar-refractivity contribution in [1.82, 2.24) is 10.2 Å². The van der Waals surface area contributed by atoms with Crippen LogP contribution in [0.15, 0.2) is 0 Å². The maximum atomic E-state index is 11.3. The van der Waals surface area contributed by atoms with Crippen molar-refractivity contribution in [3.8, 4) is 0 Å². The number of rotatable bonds is 7. The lowest BCUT2D eigenvalue weighted by atomic mass is 10.2. The topological polar surface area (TPSA) is 89.9 Å². The molecule has 1 atom stereocenters. The van der Waals surface area contributed by atoms with E-state index in [0.717, 1.165) is 19.5 Å². The van der Waals surface area contributed by atoms with Crippen LogP contribution in [-0.4, -0.2) is 61.1 Å². The molecular weight excluding hydrogens is 244 g/mol. The molecule has 1 saturated heterocycles. The van der Waals surface area contributed by atoms with Crippen LogP contribution in [0.5, 0.6) is 0 Å². The molecule has 0 aromatic rings. The second kappa shape index (κ2) is 7.27. The minimum Gasteiger partial charge on any atom is -0.396 e. The average molecular weight is 266 g/mol.